The average Bonchev–Trinajstić information content (AvgIpc) is 3.43. The maximum Gasteiger partial charge on any atom is 0.220 e. The maximum atomic E-state index is 12.4. The molecule has 0 bridgehead atoms. The highest BCUT2D eigenvalue weighted by atomic mass is 16.2. The SMILES string of the molecule is CCCCCCCCCCCCCCCCC(=O)N[C@@H]1CC[C@H](NC(=O)CCCCCCCCCCCCCCCC)C1. The molecule has 0 aromatic heterocycles. The molecule has 0 aromatic rings. The third kappa shape index (κ3) is 27.0. The molecule has 43 heavy (non-hydrogen) atoms. The Morgan fingerprint density at radius 2 is 0.628 bits per heavy atom. The predicted molar refractivity (Wildman–Crippen MR) is 188 cm³/mol. The molecule has 0 saturated heterocycles. The highest BCUT2D eigenvalue weighted by Gasteiger charge is 2.26. The number of hydrogen-bond acceptors (Lipinski definition) is 2. The number of unbranched alkanes of at least 4 members (excludes halogenated alkanes) is 26. The van der Waals surface area contributed by atoms with E-state index < -0.39 is 0 Å². The number of nitrogens with one attached hydrogen (secondary N) is 2. The van der Waals surface area contributed by atoms with Crippen molar-refractivity contribution in [1.82, 2.24) is 10.6 Å². The van der Waals surface area contributed by atoms with Gasteiger partial charge in [0.2, 0.25) is 11.8 Å². The summed E-state index contributed by atoms with van der Waals surface area (Å²) in [5.41, 5.74) is 0. The van der Waals surface area contributed by atoms with Gasteiger partial charge in [0.15, 0.2) is 0 Å². The summed E-state index contributed by atoms with van der Waals surface area (Å²) < 4.78 is 0. The van der Waals surface area contributed by atoms with Crippen molar-refractivity contribution in [3.8, 4) is 0 Å². The first kappa shape index (κ1) is 40.0. The van der Waals surface area contributed by atoms with E-state index in [1.54, 1.807) is 0 Å². The molecule has 1 aliphatic rings. The molecule has 1 aliphatic carbocycles. The smallest absolute Gasteiger partial charge is 0.220 e. The molecule has 4 nitrogen and oxygen atoms in total. The Labute approximate surface area is 269 Å². The van der Waals surface area contributed by atoms with Gasteiger partial charge in [-0.2, -0.15) is 0 Å². The van der Waals surface area contributed by atoms with Gasteiger partial charge < -0.3 is 10.6 Å². The average molecular weight is 605 g/mol. The van der Waals surface area contributed by atoms with E-state index in [9.17, 15) is 9.59 Å². The van der Waals surface area contributed by atoms with E-state index in [1.807, 2.05) is 0 Å². The molecule has 4 heteroatoms. The fourth-order valence-electron chi connectivity index (χ4n) is 6.80. The van der Waals surface area contributed by atoms with E-state index >= 15 is 0 Å². The molecule has 0 heterocycles. The summed E-state index contributed by atoms with van der Waals surface area (Å²) >= 11 is 0. The zero-order valence-corrected chi connectivity index (χ0v) is 29.3. The molecule has 1 fully saturated rings. The van der Waals surface area contributed by atoms with Gasteiger partial charge in [0.1, 0.15) is 0 Å². The van der Waals surface area contributed by atoms with Crippen molar-refractivity contribution in [3.05, 3.63) is 0 Å². The first-order valence-corrected chi connectivity index (χ1v) is 19.7. The topological polar surface area (TPSA) is 58.2 Å². The van der Waals surface area contributed by atoms with Gasteiger partial charge in [0.05, 0.1) is 0 Å². The van der Waals surface area contributed by atoms with Gasteiger partial charge >= 0.3 is 0 Å². The van der Waals surface area contributed by atoms with Crippen LogP contribution in [0.2, 0.25) is 0 Å². The Bertz CT molecular complexity index is 570. The number of amides is 2. The van der Waals surface area contributed by atoms with E-state index in [4.69, 9.17) is 0 Å². The van der Waals surface area contributed by atoms with Crippen LogP contribution < -0.4 is 10.6 Å². The largest absolute Gasteiger partial charge is 0.353 e. The van der Waals surface area contributed by atoms with Crippen LogP contribution in [0.4, 0.5) is 0 Å². The monoisotopic (exact) mass is 605 g/mol. The molecule has 0 aromatic carbocycles. The summed E-state index contributed by atoms with van der Waals surface area (Å²) in [6.07, 6.45) is 41.8. The first-order valence-electron chi connectivity index (χ1n) is 19.7. The Morgan fingerprint density at radius 1 is 0.395 bits per heavy atom. The van der Waals surface area contributed by atoms with Crippen LogP contribution in [-0.2, 0) is 9.59 Å². The van der Waals surface area contributed by atoms with Gasteiger partial charge in [-0.25, -0.2) is 0 Å². The number of carbonyl (C=O) groups excluding carboxylic acids is 2. The quantitative estimate of drug-likeness (QED) is 0.0750. The fourth-order valence-corrected chi connectivity index (χ4v) is 6.80. The van der Waals surface area contributed by atoms with Crippen molar-refractivity contribution < 1.29 is 9.59 Å². The predicted octanol–water partition coefficient (Wildman–Crippen LogP) is 11.9. The Morgan fingerprint density at radius 3 is 0.884 bits per heavy atom. The lowest BCUT2D eigenvalue weighted by molar-refractivity contribution is -0.122. The van der Waals surface area contributed by atoms with Crippen LogP contribution in [0.15, 0.2) is 0 Å². The molecule has 1 saturated carbocycles. The number of rotatable bonds is 32. The van der Waals surface area contributed by atoms with Crippen LogP contribution in [0.1, 0.15) is 226 Å². The summed E-state index contributed by atoms with van der Waals surface area (Å²) in [4.78, 5) is 24.8. The van der Waals surface area contributed by atoms with E-state index in [2.05, 4.69) is 24.5 Å². The zero-order chi connectivity index (χ0) is 31.1. The molecule has 0 radical (unpaired) electrons. The Balaban J connectivity index is 1.86. The van der Waals surface area contributed by atoms with Crippen molar-refractivity contribution >= 4 is 11.8 Å². The van der Waals surface area contributed by atoms with Crippen molar-refractivity contribution in [2.45, 2.75) is 238 Å². The van der Waals surface area contributed by atoms with Gasteiger partial charge in [-0.3, -0.25) is 9.59 Å². The van der Waals surface area contributed by atoms with Gasteiger partial charge in [-0.15, -0.1) is 0 Å². The summed E-state index contributed by atoms with van der Waals surface area (Å²) in [6.45, 7) is 4.57. The van der Waals surface area contributed by atoms with E-state index in [0.717, 1.165) is 32.1 Å². The molecule has 1 rings (SSSR count). The van der Waals surface area contributed by atoms with Gasteiger partial charge in [-0.1, -0.05) is 181 Å². The van der Waals surface area contributed by atoms with Gasteiger partial charge in [0, 0.05) is 24.9 Å². The molecule has 2 N–H and O–H groups in total. The third-order valence-corrected chi connectivity index (χ3v) is 9.68. The van der Waals surface area contributed by atoms with E-state index in [1.165, 1.54) is 167 Å². The van der Waals surface area contributed by atoms with Crippen LogP contribution in [0, 0.1) is 0 Å². The van der Waals surface area contributed by atoms with Crippen LogP contribution in [0.25, 0.3) is 0 Å². The van der Waals surface area contributed by atoms with Crippen LogP contribution in [0.3, 0.4) is 0 Å². The van der Waals surface area contributed by atoms with Crippen molar-refractivity contribution in [2.75, 3.05) is 0 Å². The molecule has 2 amide bonds. The van der Waals surface area contributed by atoms with E-state index in [0.29, 0.717) is 12.8 Å². The highest BCUT2D eigenvalue weighted by Crippen LogP contribution is 2.20. The first-order chi connectivity index (χ1) is 21.2. The van der Waals surface area contributed by atoms with Crippen molar-refractivity contribution in [3.63, 3.8) is 0 Å². The minimum absolute atomic E-state index is 0.207. The third-order valence-electron chi connectivity index (χ3n) is 9.68. The summed E-state index contributed by atoms with van der Waals surface area (Å²) in [5.74, 6) is 0.414. The lowest BCUT2D eigenvalue weighted by Crippen LogP contribution is -2.37. The minimum Gasteiger partial charge on any atom is -0.353 e. The lowest BCUT2D eigenvalue weighted by Gasteiger charge is -2.15. The normalized spacial score (nSPS) is 16.5. The fraction of sp³-hybridized carbons (Fsp3) is 0.949. The van der Waals surface area contributed by atoms with Crippen molar-refractivity contribution in [2.24, 2.45) is 0 Å². The zero-order valence-electron chi connectivity index (χ0n) is 29.3. The number of carbonyl (C=O) groups is 2. The highest BCUT2D eigenvalue weighted by molar-refractivity contribution is 5.77. The molecule has 0 unspecified atom stereocenters. The van der Waals surface area contributed by atoms with Gasteiger partial charge in [0.25, 0.3) is 0 Å². The van der Waals surface area contributed by atoms with Crippen LogP contribution in [0.5, 0.6) is 0 Å². The number of hydrogen-bond donors (Lipinski definition) is 2. The lowest BCUT2D eigenvalue weighted by atomic mass is 10.0. The summed E-state index contributed by atoms with van der Waals surface area (Å²) in [6, 6.07) is 0.482. The van der Waals surface area contributed by atoms with Crippen molar-refractivity contribution in [1.29, 1.82) is 0 Å². The Hall–Kier alpha value is -1.06. The Kier molecular flexibility index (Phi) is 28.8. The van der Waals surface area contributed by atoms with Crippen LogP contribution in [-0.4, -0.2) is 23.9 Å². The van der Waals surface area contributed by atoms with Gasteiger partial charge in [-0.05, 0) is 32.1 Å². The molecular weight excluding hydrogens is 528 g/mol. The van der Waals surface area contributed by atoms with E-state index in [-0.39, 0.29) is 23.9 Å². The summed E-state index contributed by atoms with van der Waals surface area (Å²) in [7, 11) is 0. The summed E-state index contributed by atoms with van der Waals surface area (Å²) in [5, 5.41) is 6.47. The molecular formula is C39H76N2O2. The second-order valence-electron chi connectivity index (χ2n) is 14.0. The maximum absolute atomic E-state index is 12.4. The minimum atomic E-state index is 0.207. The molecule has 2 atom stereocenters. The standard InChI is InChI=1S/C39H76N2O2/c1-3-5-7-9-11-13-15-17-19-21-23-25-27-29-31-38(42)40-36-33-34-37(35-36)41-39(43)32-30-28-26-24-22-20-18-16-14-12-10-8-6-4-2/h36-37H,3-35H2,1-2H3,(H,40,42)(H,41,43)/t36-,37+. The molecule has 254 valence electrons. The molecule has 0 aliphatic heterocycles. The second-order valence-corrected chi connectivity index (χ2v) is 14.0. The molecule has 0 spiro atoms. The van der Waals surface area contributed by atoms with Crippen LogP contribution >= 0.6 is 0 Å². The second kappa shape index (κ2) is 30.9.